The van der Waals surface area contributed by atoms with Crippen LogP contribution in [0.3, 0.4) is 0 Å². The van der Waals surface area contributed by atoms with Gasteiger partial charge in [0.1, 0.15) is 0 Å². The predicted molar refractivity (Wildman–Crippen MR) is 8.46 cm³/mol. The monoisotopic (exact) mass is 118 g/mol. The van der Waals surface area contributed by atoms with Crippen LogP contribution in [0.2, 0.25) is 0 Å². The number of hydrogen-bond acceptors (Lipinski definition) is 3. The molecular formula is CH3MnO3. The number of aliphatic hydroxyl groups is 1. The molecule has 0 radical (unpaired) electrons. The zero-order chi connectivity index (χ0) is 4.28. The number of rotatable bonds is 1. The average Bonchev–Trinajstić information content (AvgIpc) is 1.38. The second-order valence-electron chi connectivity index (χ2n) is 0.401. The number of aliphatic hydroxyl groups excluding tert-OH is 1. The molecule has 0 aliphatic heterocycles. The van der Waals surface area contributed by atoms with Crippen LogP contribution >= 0.6 is 0 Å². The van der Waals surface area contributed by atoms with Crippen LogP contribution in [0.5, 0.6) is 0 Å². The Labute approximate surface area is 32.9 Å². The Morgan fingerprint density at radius 3 is 1.80 bits per heavy atom. The molecule has 0 bridgehead atoms. The van der Waals surface area contributed by atoms with Gasteiger partial charge in [-0.15, -0.1) is 0 Å². The van der Waals surface area contributed by atoms with Crippen molar-refractivity contribution in [2.24, 2.45) is 0 Å². The molecule has 0 saturated carbocycles. The molecule has 0 aliphatic rings. The fourth-order valence-corrected chi connectivity index (χ4v) is 0. The zero-order valence-electron chi connectivity index (χ0n) is 2.35. The van der Waals surface area contributed by atoms with Gasteiger partial charge < -0.3 is 0 Å². The molecule has 0 spiro atoms. The van der Waals surface area contributed by atoms with E-state index in [4.69, 9.17) is 5.11 Å². The van der Waals surface area contributed by atoms with E-state index in [0.717, 1.165) is 0 Å². The fourth-order valence-electron chi connectivity index (χ4n) is 0. The molecule has 5 heavy (non-hydrogen) atoms. The zero-order valence-corrected chi connectivity index (χ0v) is 3.53. The molecule has 0 aromatic carbocycles. The van der Waals surface area contributed by atoms with E-state index in [1.807, 2.05) is 0 Å². The summed E-state index contributed by atoms with van der Waals surface area (Å²) in [5.74, 6) is 0. The van der Waals surface area contributed by atoms with Crippen molar-refractivity contribution in [3.05, 3.63) is 0 Å². The van der Waals surface area contributed by atoms with Crippen molar-refractivity contribution in [2.45, 2.75) is 0 Å². The van der Waals surface area contributed by atoms with Gasteiger partial charge >= 0.3 is 32.0 Å². The van der Waals surface area contributed by atoms with Gasteiger partial charge in [0.2, 0.25) is 0 Å². The van der Waals surface area contributed by atoms with Crippen LogP contribution in [0.25, 0.3) is 0 Å². The van der Waals surface area contributed by atoms with E-state index in [9.17, 15) is 7.67 Å². The molecule has 0 aromatic rings. The van der Waals surface area contributed by atoms with Crippen molar-refractivity contribution in [1.82, 2.24) is 0 Å². The van der Waals surface area contributed by atoms with E-state index in [0.29, 0.717) is 0 Å². The van der Waals surface area contributed by atoms with E-state index in [-0.39, 0.29) is 0 Å². The molecule has 0 amide bonds. The average molecular weight is 118 g/mol. The Bertz CT molecular complexity index is 65.0. The van der Waals surface area contributed by atoms with Crippen molar-refractivity contribution in [3.63, 3.8) is 0 Å². The molecule has 0 heterocycles. The third kappa shape index (κ3) is 4.08. The van der Waals surface area contributed by atoms with E-state index in [2.05, 4.69) is 0 Å². The molecule has 0 atom stereocenters. The summed E-state index contributed by atoms with van der Waals surface area (Å²) in [5, 5.41) is 7.56. The second-order valence-corrected chi connectivity index (χ2v) is 1.65. The first-order valence-corrected chi connectivity index (χ1v) is 2.69. The molecule has 0 fully saturated rings. The van der Waals surface area contributed by atoms with Gasteiger partial charge in [-0.25, -0.2) is 0 Å². The van der Waals surface area contributed by atoms with Crippen molar-refractivity contribution in [2.75, 3.05) is 5.51 Å². The molecule has 4 heteroatoms. The van der Waals surface area contributed by atoms with Crippen LogP contribution < -0.4 is 0 Å². The van der Waals surface area contributed by atoms with Crippen LogP contribution in [-0.4, -0.2) is 10.6 Å². The molecule has 32 valence electrons. The molecule has 3 nitrogen and oxygen atoms in total. The maximum atomic E-state index is 9.19. The minimum absolute atomic E-state index is 0.701. The van der Waals surface area contributed by atoms with Gasteiger partial charge in [0.25, 0.3) is 0 Å². The maximum absolute atomic E-state index is 9.19. The Kier molecular flexibility index (Phi) is 2.36. The third-order valence-corrected chi connectivity index (χ3v) is 0.402. The van der Waals surface area contributed by atoms with Crippen molar-refractivity contribution in [3.8, 4) is 0 Å². The first kappa shape index (κ1) is 5.08. The Morgan fingerprint density at radius 2 is 1.80 bits per heavy atom. The van der Waals surface area contributed by atoms with Gasteiger partial charge in [-0.2, -0.15) is 0 Å². The Morgan fingerprint density at radius 1 is 1.60 bits per heavy atom. The molecule has 1 N–H and O–H groups in total. The summed E-state index contributed by atoms with van der Waals surface area (Å²) in [6, 6.07) is 0. The van der Waals surface area contributed by atoms with Gasteiger partial charge in [0.15, 0.2) is 0 Å². The van der Waals surface area contributed by atoms with Gasteiger partial charge in [-0.05, 0) is 0 Å². The van der Waals surface area contributed by atoms with Gasteiger partial charge in [-0.3, -0.25) is 0 Å². The third-order valence-electron chi connectivity index (χ3n) is 0.0976. The normalized spacial score (nSPS) is 9.20. The molecular weight excluding hydrogens is 115 g/mol. The molecule has 0 unspecified atom stereocenters. The predicted octanol–water partition coefficient (Wildman–Crippen LogP) is -0.755. The van der Waals surface area contributed by atoms with E-state index < -0.39 is 19.3 Å². The van der Waals surface area contributed by atoms with Crippen LogP contribution in [0, 0.1) is 0 Å². The van der Waals surface area contributed by atoms with Gasteiger partial charge in [0.05, 0.1) is 0 Å². The van der Waals surface area contributed by atoms with E-state index in [1.54, 1.807) is 0 Å². The summed E-state index contributed by atoms with van der Waals surface area (Å²) in [5.41, 5.74) is -0.701. The van der Waals surface area contributed by atoms with Crippen LogP contribution in [0.1, 0.15) is 0 Å². The second kappa shape index (κ2) is 2.32. The topological polar surface area (TPSA) is 54.4 Å². The summed E-state index contributed by atoms with van der Waals surface area (Å²) < 4.78 is 18.4. The van der Waals surface area contributed by atoms with Crippen LogP contribution in [0.15, 0.2) is 0 Å². The van der Waals surface area contributed by atoms with Gasteiger partial charge in [0, 0.05) is 0 Å². The molecule has 0 saturated heterocycles. The molecule has 0 rings (SSSR count). The van der Waals surface area contributed by atoms with E-state index >= 15 is 0 Å². The van der Waals surface area contributed by atoms with Gasteiger partial charge in [-0.1, -0.05) is 0 Å². The SMILES string of the molecule is [O]=[Mn](=[O])[CH2]O. The summed E-state index contributed by atoms with van der Waals surface area (Å²) in [6.07, 6.45) is 0. The summed E-state index contributed by atoms with van der Waals surface area (Å²) in [4.78, 5) is 0. The van der Waals surface area contributed by atoms with Crippen LogP contribution in [0.4, 0.5) is 0 Å². The summed E-state index contributed by atoms with van der Waals surface area (Å²) in [6.45, 7) is 0. The Balaban J connectivity index is 3.23. The molecule has 0 aliphatic carbocycles. The standard InChI is InChI=1S/CH3O.Mn.2O/c1-2;;;/h2H,1H2;;;. The molecule has 0 aromatic heterocycles. The summed E-state index contributed by atoms with van der Waals surface area (Å²) >= 11 is -2.84. The van der Waals surface area contributed by atoms with Crippen molar-refractivity contribution in [1.29, 1.82) is 0 Å². The van der Waals surface area contributed by atoms with Crippen molar-refractivity contribution >= 4 is 0 Å². The summed E-state index contributed by atoms with van der Waals surface area (Å²) in [7, 11) is 0. The van der Waals surface area contributed by atoms with Crippen LogP contribution in [-0.2, 0) is 21.4 Å². The fraction of sp³-hybridized carbons (Fsp3) is 1.00. The van der Waals surface area contributed by atoms with E-state index in [1.165, 1.54) is 0 Å². The quantitative estimate of drug-likeness (QED) is 0.460. The number of hydrogen-bond donors (Lipinski definition) is 1. The van der Waals surface area contributed by atoms with Crippen molar-refractivity contribution < 1.29 is 26.5 Å². The Hall–Kier alpha value is 0.0795. The minimum atomic E-state index is -2.84. The first-order chi connectivity index (χ1) is 2.27. The first-order valence-electron chi connectivity index (χ1n) is 0.892.